The Hall–Kier alpha value is -8.61. The van der Waals surface area contributed by atoms with E-state index in [1.807, 2.05) is 0 Å². The SMILES string of the molecule is [2H]c1c([2H])c([2H])c(-c2nc(-c3c([2H])c([2H])c(-c4c([2H])c([2H])c([2H])c([2H])c4[2H])c([2H])c3[2H])nc(-c3c([2H])c([2H])c4c(c3[2H])c3c([2H])c([2H])c5c(oc6c([2H])c([2H])c(-n7c8c([2H])c([2H])c([2H])c([2H])c8c8c([2H])c([2H])c([2H])c([2H])c87)c([2H])c65)c3n4-c3c([2H])c([2H])c([2H])c([2H])c3[2H])n2)c([2H])c1[2H]. The zero-order valence-corrected chi connectivity index (χ0v) is 31.1. The van der Waals surface area contributed by atoms with Gasteiger partial charge in [-0.1, -0.05) is 145 Å². The summed E-state index contributed by atoms with van der Waals surface area (Å²) >= 11 is 0. The van der Waals surface area contributed by atoms with Crippen molar-refractivity contribution in [3.8, 4) is 56.7 Å². The van der Waals surface area contributed by atoms with E-state index < -0.39 is 334 Å². The van der Waals surface area contributed by atoms with Crippen LogP contribution in [0.5, 0.6) is 0 Å². The molecule has 4 aromatic heterocycles. The zero-order valence-electron chi connectivity index (χ0n) is 66.1. The van der Waals surface area contributed by atoms with Gasteiger partial charge in [0.1, 0.15) is 5.58 Å². The molecule has 0 aliphatic carbocycles. The van der Waals surface area contributed by atoms with Gasteiger partial charge >= 0.3 is 0 Å². The van der Waals surface area contributed by atoms with Gasteiger partial charge in [0.25, 0.3) is 0 Å². The normalized spacial score (nSPS) is 19.6. The molecule has 0 saturated heterocycles. The summed E-state index contributed by atoms with van der Waals surface area (Å²) in [5.74, 6) is -2.90. The lowest BCUT2D eigenvalue weighted by Crippen LogP contribution is -2.00. The first-order valence-corrected chi connectivity index (χ1v) is 18.3. The summed E-state index contributed by atoms with van der Waals surface area (Å²) in [5.41, 5.74) is -10.0. The Bertz CT molecular complexity index is 5820. The Labute approximate surface area is 410 Å². The van der Waals surface area contributed by atoms with Crippen molar-refractivity contribution in [2.24, 2.45) is 0 Å². The molecule has 9 aromatic carbocycles. The highest BCUT2D eigenvalue weighted by Crippen LogP contribution is 2.42. The third-order valence-electron chi connectivity index (χ3n) is 9.85. The quantitative estimate of drug-likeness (QED) is 0.167. The number of furan rings is 1. The van der Waals surface area contributed by atoms with E-state index in [0.717, 1.165) is 9.13 Å². The predicted octanol–water partition coefficient (Wildman–Crippen LogP) is 14.6. The van der Waals surface area contributed by atoms with Gasteiger partial charge in [0.05, 0.1) is 70.0 Å². The molecule has 0 unspecified atom stereocenters. The van der Waals surface area contributed by atoms with E-state index in [4.69, 9.17) is 35.9 Å². The second-order valence-corrected chi connectivity index (χ2v) is 13.3. The van der Waals surface area contributed by atoms with Crippen molar-refractivity contribution in [1.29, 1.82) is 0 Å². The van der Waals surface area contributed by atoms with Crippen molar-refractivity contribution >= 4 is 65.6 Å². The maximum absolute atomic E-state index is 10.2. The van der Waals surface area contributed by atoms with Gasteiger partial charge in [-0.2, -0.15) is 0 Å². The average molecular weight is 841 g/mol. The first kappa shape index (κ1) is 15.1. The van der Waals surface area contributed by atoms with Crippen molar-refractivity contribution < 1.29 is 52.4 Å². The molecule has 0 aliphatic rings. The van der Waals surface area contributed by atoms with E-state index in [2.05, 4.69) is 15.0 Å². The molecule has 13 aromatic rings. The van der Waals surface area contributed by atoms with Gasteiger partial charge in [-0.25, -0.2) is 15.0 Å². The van der Waals surface area contributed by atoms with Gasteiger partial charge in [0.15, 0.2) is 23.1 Å². The topological polar surface area (TPSA) is 61.7 Å². The number of rotatable bonds is 6. The fourth-order valence-electron chi connectivity index (χ4n) is 7.19. The molecule has 6 heteroatoms. The van der Waals surface area contributed by atoms with Gasteiger partial charge in [0.2, 0.25) is 0 Å². The molecule has 0 atom stereocenters. The van der Waals surface area contributed by atoms with Crippen LogP contribution in [0.3, 0.4) is 0 Å². The Morgan fingerprint density at radius 3 is 1.52 bits per heavy atom. The van der Waals surface area contributed by atoms with Crippen molar-refractivity contribution in [1.82, 2.24) is 24.1 Å². The molecule has 0 amide bonds. The Balaban J connectivity index is 1.20. The lowest BCUT2D eigenvalue weighted by molar-refractivity contribution is 0.671. The van der Waals surface area contributed by atoms with E-state index in [1.165, 1.54) is 0 Å². The number of hydrogen-bond donors (Lipinski definition) is 0. The fraction of sp³-hybridized carbons (Fsp3) is 0. The highest BCUT2D eigenvalue weighted by Gasteiger charge is 2.22. The molecule has 0 aliphatic heterocycles. The number of benzene rings is 9. The molecule has 0 spiro atoms. The summed E-state index contributed by atoms with van der Waals surface area (Å²) in [6.45, 7) is 0. The first-order valence-electron chi connectivity index (χ1n) is 35.8. The number of fused-ring (bicyclic) bond motifs is 10. The number of para-hydroxylation sites is 3. The first-order chi connectivity index (χ1) is 45.8. The molecule has 294 valence electrons. The van der Waals surface area contributed by atoms with Crippen LogP contribution in [-0.2, 0) is 0 Å². The highest BCUT2D eigenvalue weighted by atomic mass is 16.3. The molecule has 0 radical (unpaired) electrons. The van der Waals surface area contributed by atoms with Crippen LogP contribution in [0.15, 0.2) is 216 Å². The minimum Gasteiger partial charge on any atom is -0.454 e. The summed E-state index contributed by atoms with van der Waals surface area (Å²) in [4.78, 5) is 13.0. The van der Waals surface area contributed by atoms with Crippen molar-refractivity contribution in [2.45, 2.75) is 0 Å². The van der Waals surface area contributed by atoms with Gasteiger partial charge in [-0.15, -0.1) is 0 Å². The third-order valence-corrected chi connectivity index (χ3v) is 9.85. The standard InChI is InChI=1S/C57H35N5O/c1-4-14-36(15-5-1)37-24-26-39(27-25-37)56-58-55(38-16-6-2-7-17-38)59-57(60-56)40-28-32-51-47(34-40)45-30-31-46-48-35-42(61-49-22-12-10-20-43(49)44-21-11-13-23-50(44)61)29-33-52(48)63-54(46)53(45)62(51)41-18-8-3-9-19-41/h1-35H/i1D,2D,3D,4D,5D,6D,7D,8D,9D,10D,11D,12D,13D,14D,15D,16D,17D,18D,19D,20D,21D,22D,23D,24D,25D,26D,27D,28D,29D,30D,31D,32D,33D,34D,35D. The van der Waals surface area contributed by atoms with Crippen LogP contribution in [0, 0.1) is 0 Å². The lowest BCUT2D eigenvalue weighted by Gasteiger charge is -2.10. The fourth-order valence-corrected chi connectivity index (χ4v) is 7.19. The summed E-state index contributed by atoms with van der Waals surface area (Å²) in [7, 11) is 0. The van der Waals surface area contributed by atoms with Gasteiger partial charge in [-0.05, 0) is 77.6 Å². The Kier molecular flexibility index (Phi) is 3.35. The molecule has 0 bridgehead atoms. The monoisotopic (exact) mass is 841 g/mol. The van der Waals surface area contributed by atoms with E-state index in [9.17, 15) is 16.4 Å². The van der Waals surface area contributed by atoms with Crippen LogP contribution in [0.4, 0.5) is 0 Å². The van der Waals surface area contributed by atoms with Crippen LogP contribution < -0.4 is 0 Å². The average Bonchev–Trinajstić information content (AvgIpc) is 1.51. The van der Waals surface area contributed by atoms with Crippen LogP contribution in [0.1, 0.15) is 48.0 Å². The van der Waals surface area contributed by atoms with Crippen LogP contribution >= 0.6 is 0 Å². The smallest absolute Gasteiger partial charge is 0.164 e. The zero-order chi connectivity index (χ0) is 71.9. The summed E-state index contributed by atoms with van der Waals surface area (Å²) in [6, 6.07) is -33.7. The van der Waals surface area contributed by atoms with Gasteiger partial charge < -0.3 is 13.6 Å². The second kappa shape index (κ2) is 14.0. The van der Waals surface area contributed by atoms with E-state index in [-0.39, 0.29) is 0 Å². The van der Waals surface area contributed by atoms with Crippen molar-refractivity contribution in [3.63, 3.8) is 0 Å². The molecule has 6 nitrogen and oxygen atoms in total. The Morgan fingerprint density at radius 2 is 0.841 bits per heavy atom. The summed E-state index contributed by atoms with van der Waals surface area (Å²) < 4.78 is 324. The Morgan fingerprint density at radius 1 is 0.333 bits per heavy atom. The third kappa shape index (κ3) is 5.62. The molecule has 63 heavy (non-hydrogen) atoms. The molecular weight excluding hydrogens is 771 g/mol. The predicted molar refractivity (Wildman–Crippen MR) is 258 cm³/mol. The van der Waals surface area contributed by atoms with Crippen molar-refractivity contribution in [2.75, 3.05) is 0 Å². The minimum absolute atomic E-state index is 0.487. The number of hydrogen-bond acceptors (Lipinski definition) is 4. The van der Waals surface area contributed by atoms with E-state index >= 15 is 0 Å². The molecule has 0 fully saturated rings. The molecule has 0 saturated carbocycles. The summed E-state index contributed by atoms with van der Waals surface area (Å²) in [6.07, 6.45) is 0. The lowest BCUT2D eigenvalue weighted by atomic mass is 10.0. The van der Waals surface area contributed by atoms with Crippen LogP contribution in [0.25, 0.3) is 122 Å². The highest BCUT2D eigenvalue weighted by molar-refractivity contribution is 6.22. The molecule has 13 rings (SSSR count). The van der Waals surface area contributed by atoms with E-state index in [0.29, 0.717) is 0 Å². The largest absolute Gasteiger partial charge is 0.454 e. The van der Waals surface area contributed by atoms with Crippen LogP contribution in [0.2, 0.25) is 0 Å². The molecular formula is C57H35N5O. The number of nitrogens with zero attached hydrogens (tertiary/aromatic N) is 5. The van der Waals surface area contributed by atoms with Crippen molar-refractivity contribution in [3.05, 3.63) is 211 Å². The van der Waals surface area contributed by atoms with E-state index in [1.54, 1.807) is 0 Å². The molecule has 4 heterocycles. The maximum Gasteiger partial charge on any atom is 0.164 e. The minimum atomic E-state index is -1.13. The number of aromatic nitrogens is 5. The van der Waals surface area contributed by atoms with Gasteiger partial charge in [0, 0.05) is 60.4 Å². The van der Waals surface area contributed by atoms with Gasteiger partial charge in [-0.3, -0.25) is 0 Å². The molecule has 0 N–H and O–H groups in total. The second-order valence-electron chi connectivity index (χ2n) is 13.3. The van der Waals surface area contributed by atoms with Crippen LogP contribution in [-0.4, -0.2) is 24.1 Å². The summed E-state index contributed by atoms with van der Waals surface area (Å²) in [5, 5.41) is -3.68. The maximum atomic E-state index is 10.2.